The molecule has 22 heavy (non-hydrogen) atoms. The van der Waals surface area contributed by atoms with Gasteiger partial charge in [-0.3, -0.25) is 4.79 Å². The molecule has 2 rings (SSSR count). The van der Waals surface area contributed by atoms with Crippen molar-refractivity contribution in [2.45, 2.75) is 58.2 Å². The van der Waals surface area contributed by atoms with E-state index in [9.17, 15) is 14.7 Å². The molecule has 0 spiro atoms. The van der Waals surface area contributed by atoms with Crippen LogP contribution in [0.2, 0.25) is 0 Å². The zero-order chi connectivity index (χ0) is 16.3. The molecule has 0 aromatic heterocycles. The summed E-state index contributed by atoms with van der Waals surface area (Å²) in [7, 11) is 0. The minimum absolute atomic E-state index is 0.0506. The normalized spacial score (nSPS) is 16.7. The first kappa shape index (κ1) is 16.3. The Morgan fingerprint density at radius 1 is 1.27 bits per heavy atom. The van der Waals surface area contributed by atoms with Gasteiger partial charge < -0.3 is 14.7 Å². The third kappa shape index (κ3) is 3.78. The van der Waals surface area contributed by atoms with Crippen molar-refractivity contribution in [3.8, 4) is 5.75 Å². The zero-order valence-electron chi connectivity index (χ0n) is 13.3. The van der Waals surface area contributed by atoms with Crippen molar-refractivity contribution in [1.82, 2.24) is 4.90 Å². The molecular weight excluding hydrogens is 282 g/mol. The van der Waals surface area contributed by atoms with E-state index in [1.807, 2.05) is 13.8 Å². The van der Waals surface area contributed by atoms with Gasteiger partial charge in [0.1, 0.15) is 11.8 Å². The van der Waals surface area contributed by atoms with Crippen LogP contribution in [0.1, 0.15) is 50.4 Å². The third-order valence-electron chi connectivity index (χ3n) is 3.96. The van der Waals surface area contributed by atoms with E-state index in [4.69, 9.17) is 4.74 Å². The molecule has 2 atom stereocenters. The quantitative estimate of drug-likeness (QED) is 0.841. The van der Waals surface area contributed by atoms with Gasteiger partial charge in [0, 0.05) is 11.6 Å². The van der Waals surface area contributed by atoms with E-state index in [1.165, 1.54) is 4.90 Å². The van der Waals surface area contributed by atoms with Gasteiger partial charge in [-0.1, -0.05) is 6.92 Å². The van der Waals surface area contributed by atoms with Gasteiger partial charge in [0.15, 0.2) is 0 Å². The molecule has 0 heterocycles. The lowest BCUT2D eigenvalue weighted by atomic mass is 10.1. The van der Waals surface area contributed by atoms with Crippen molar-refractivity contribution >= 4 is 11.9 Å². The molecule has 1 aromatic rings. The minimum Gasteiger partial charge on any atom is -0.491 e. The van der Waals surface area contributed by atoms with Crippen molar-refractivity contribution in [2.24, 2.45) is 0 Å². The number of carboxylic acid groups (broad SMARTS) is 1. The Kier molecular flexibility index (Phi) is 5.06. The lowest BCUT2D eigenvalue weighted by molar-refractivity contribution is -0.141. The maximum Gasteiger partial charge on any atom is 0.326 e. The summed E-state index contributed by atoms with van der Waals surface area (Å²) in [4.78, 5) is 25.3. The fourth-order valence-electron chi connectivity index (χ4n) is 2.27. The predicted molar refractivity (Wildman–Crippen MR) is 83.1 cm³/mol. The summed E-state index contributed by atoms with van der Waals surface area (Å²) in [5, 5.41) is 9.18. The van der Waals surface area contributed by atoms with E-state index in [2.05, 4.69) is 0 Å². The van der Waals surface area contributed by atoms with Crippen molar-refractivity contribution < 1.29 is 19.4 Å². The van der Waals surface area contributed by atoms with Crippen LogP contribution in [0, 0.1) is 0 Å². The van der Waals surface area contributed by atoms with E-state index >= 15 is 0 Å². The van der Waals surface area contributed by atoms with Gasteiger partial charge >= 0.3 is 5.97 Å². The Balaban J connectivity index is 2.12. The van der Waals surface area contributed by atoms with E-state index in [1.54, 1.807) is 31.2 Å². The molecule has 2 unspecified atom stereocenters. The molecule has 1 fully saturated rings. The summed E-state index contributed by atoms with van der Waals surface area (Å²) in [6, 6.07) is 6.16. The van der Waals surface area contributed by atoms with Crippen LogP contribution in [0.15, 0.2) is 24.3 Å². The number of carbonyl (C=O) groups is 2. The van der Waals surface area contributed by atoms with E-state index < -0.39 is 12.0 Å². The molecule has 1 amide bonds. The number of rotatable bonds is 7. The maximum absolute atomic E-state index is 12.6. The number of hydrogen-bond acceptors (Lipinski definition) is 3. The van der Waals surface area contributed by atoms with Crippen LogP contribution >= 0.6 is 0 Å². The number of amides is 1. The van der Waals surface area contributed by atoms with Gasteiger partial charge in [0.05, 0.1) is 6.10 Å². The first-order chi connectivity index (χ1) is 10.4. The summed E-state index contributed by atoms with van der Waals surface area (Å²) in [5.74, 6) is -0.486. The monoisotopic (exact) mass is 305 g/mol. The second kappa shape index (κ2) is 6.81. The molecule has 1 aliphatic carbocycles. The zero-order valence-corrected chi connectivity index (χ0v) is 13.3. The Bertz CT molecular complexity index is 536. The summed E-state index contributed by atoms with van der Waals surface area (Å²) in [6.07, 6.45) is 2.78. The van der Waals surface area contributed by atoms with Gasteiger partial charge in [-0.05, 0) is 57.4 Å². The van der Waals surface area contributed by atoms with Gasteiger partial charge in [-0.2, -0.15) is 0 Å². The van der Waals surface area contributed by atoms with Crippen LogP contribution in [0.5, 0.6) is 5.75 Å². The van der Waals surface area contributed by atoms with Crippen LogP contribution < -0.4 is 4.74 Å². The van der Waals surface area contributed by atoms with Crippen molar-refractivity contribution in [2.75, 3.05) is 0 Å². The maximum atomic E-state index is 12.6. The first-order valence-electron chi connectivity index (χ1n) is 7.76. The van der Waals surface area contributed by atoms with Crippen molar-refractivity contribution in [1.29, 1.82) is 0 Å². The van der Waals surface area contributed by atoms with Gasteiger partial charge in [0.2, 0.25) is 0 Å². The SMILES string of the molecule is CCC(C)Oc1ccc(C(=O)N(C2CC2)C(C)C(=O)O)cc1. The van der Waals surface area contributed by atoms with Gasteiger partial charge in [0.25, 0.3) is 5.91 Å². The molecule has 0 aliphatic heterocycles. The Morgan fingerprint density at radius 3 is 2.32 bits per heavy atom. The predicted octanol–water partition coefficient (Wildman–Crippen LogP) is 2.94. The van der Waals surface area contributed by atoms with E-state index in [0.717, 1.165) is 25.0 Å². The lowest BCUT2D eigenvalue weighted by Crippen LogP contribution is -2.44. The highest BCUT2D eigenvalue weighted by atomic mass is 16.5. The van der Waals surface area contributed by atoms with Crippen LogP contribution in [-0.4, -0.2) is 40.1 Å². The second-order valence-electron chi connectivity index (χ2n) is 5.82. The second-order valence-corrected chi connectivity index (χ2v) is 5.82. The number of carboxylic acids is 1. The standard InChI is InChI=1S/C17H23NO4/c1-4-11(2)22-15-9-5-13(6-10-15)16(19)18(14-7-8-14)12(3)17(20)21/h5-6,9-12,14H,4,7-8H2,1-3H3,(H,20,21). The molecule has 1 aromatic carbocycles. The lowest BCUT2D eigenvalue weighted by Gasteiger charge is -2.26. The summed E-state index contributed by atoms with van der Waals surface area (Å²) in [6.45, 7) is 5.59. The number of benzene rings is 1. The van der Waals surface area contributed by atoms with E-state index in [-0.39, 0.29) is 18.1 Å². The first-order valence-corrected chi connectivity index (χ1v) is 7.76. The number of ether oxygens (including phenoxy) is 1. The number of nitrogens with zero attached hydrogens (tertiary/aromatic N) is 1. The van der Waals surface area contributed by atoms with Gasteiger partial charge in [-0.15, -0.1) is 0 Å². The summed E-state index contributed by atoms with van der Waals surface area (Å²) in [5.41, 5.74) is 0.497. The fraction of sp³-hybridized carbons (Fsp3) is 0.529. The van der Waals surface area contributed by atoms with E-state index in [0.29, 0.717) is 5.56 Å². The molecule has 5 nitrogen and oxygen atoms in total. The average molecular weight is 305 g/mol. The Morgan fingerprint density at radius 2 is 1.86 bits per heavy atom. The number of aliphatic carboxylic acids is 1. The molecular formula is C17H23NO4. The molecule has 0 bridgehead atoms. The minimum atomic E-state index is -0.975. The number of carbonyl (C=O) groups excluding carboxylic acids is 1. The smallest absolute Gasteiger partial charge is 0.326 e. The molecule has 5 heteroatoms. The molecule has 1 saturated carbocycles. The molecule has 0 radical (unpaired) electrons. The largest absolute Gasteiger partial charge is 0.491 e. The molecule has 120 valence electrons. The van der Waals surface area contributed by atoms with Crippen molar-refractivity contribution in [3.63, 3.8) is 0 Å². The molecule has 1 aliphatic rings. The third-order valence-corrected chi connectivity index (χ3v) is 3.96. The van der Waals surface area contributed by atoms with Crippen LogP contribution in [-0.2, 0) is 4.79 Å². The fourth-order valence-corrected chi connectivity index (χ4v) is 2.27. The topological polar surface area (TPSA) is 66.8 Å². The molecule has 1 N–H and O–H groups in total. The summed E-state index contributed by atoms with van der Waals surface area (Å²) < 4.78 is 5.69. The van der Waals surface area contributed by atoms with Gasteiger partial charge in [-0.25, -0.2) is 4.79 Å². The highest BCUT2D eigenvalue weighted by Crippen LogP contribution is 2.30. The van der Waals surface area contributed by atoms with Crippen LogP contribution in [0.4, 0.5) is 0 Å². The Labute approximate surface area is 130 Å². The van der Waals surface area contributed by atoms with Crippen molar-refractivity contribution in [3.05, 3.63) is 29.8 Å². The summed E-state index contributed by atoms with van der Waals surface area (Å²) >= 11 is 0. The number of hydrogen-bond donors (Lipinski definition) is 1. The average Bonchev–Trinajstić information content (AvgIpc) is 3.32. The molecule has 0 saturated heterocycles. The Hall–Kier alpha value is -2.04. The highest BCUT2D eigenvalue weighted by Gasteiger charge is 2.38. The van der Waals surface area contributed by atoms with Crippen LogP contribution in [0.25, 0.3) is 0 Å². The highest BCUT2D eigenvalue weighted by molar-refractivity contribution is 5.97. The van der Waals surface area contributed by atoms with Crippen LogP contribution in [0.3, 0.4) is 0 Å².